The van der Waals surface area contributed by atoms with Gasteiger partial charge in [-0.3, -0.25) is 0 Å². The largest absolute Gasteiger partial charge is 0.399 e. The molecule has 0 bridgehead atoms. The van der Waals surface area contributed by atoms with Crippen LogP contribution in [0.1, 0.15) is 17.0 Å². The molecular weight excluding hydrogens is 330 g/mol. The summed E-state index contributed by atoms with van der Waals surface area (Å²) in [6.45, 7) is 0.699. The van der Waals surface area contributed by atoms with Crippen molar-refractivity contribution in [3.63, 3.8) is 0 Å². The van der Waals surface area contributed by atoms with Crippen molar-refractivity contribution in [3.05, 3.63) is 94.8 Å². The third-order valence-corrected chi connectivity index (χ3v) is 4.73. The fraction of sp³-hybridized carbons (Fsp3) is 0.0952. The summed E-state index contributed by atoms with van der Waals surface area (Å²) in [5, 5.41) is 0.777. The summed E-state index contributed by atoms with van der Waals surface area (Å²) in [6.07, 6.45) is 0.749. The fourth-order valence-electron chi connectivity index (χ4n) is 3.05. The molecule has 0 aliphatic rings. The van der Waals surface area contributed by atoms with Gasteiger partial charge in [0.25, 0.3) is 0 Å². The van der Waals surface area contributed by atoms with Gasteiger partial charge < -0.3 is 10.3 Å². The van der Waals surface area contributed by atoms with E-state index in [2.05, 4.69) is 28.8 Å². The second-order valence-corrected chi connectivity index (χ2v) is 6.52. The number of para-hydroxylation sites is 2. The van der Waals surface area contributed by atoms with Crippen LogP contribution in [-0.4, -0.2) is 9.55 Å². The molecule has 0 spiro atoms. The average molecular weight is 348 g/mol. The Morgan fingerprint density at radius 3 is 2.40 bits per heavy atom. The third kappa shape index (κ3) is 3.24. The van der Waals surface area contributed by atoms with Gasteiger partial charge in [-0.1, -0.05) is 54.1 Å². The van der Waals surface area contributed by atoms with E-state index in [0.717, 1.165) is 39.6 Å². The maximum atomic E-state index is 6.37. The zero-order valence-corrected chi connectivity index (χ0v) is 14.4. The van der Waals surface area contributed by atoms with E-state index in [1.807, 2.05) is 48.5 Å². The van der Waals surface area contributed by atoms with Crippen LogP contribution in [0.25, 0.3) is 11.0 Å². The lowest BCUT2D eigenvalue weighted by atomic mass is 10.1. The number of nitrogens with zero attached hydrogens (tertiary/aromatic N) is 2. The van der Waals surface area contributed by atoms with Crippen LogP contribution in [0.5, 0.6) is 0 Å². The van der Waals surface area contributed by atoms with Crippen molar-refractivity contribution in [1.82, 2.24) is 9.55 Å². The number of fused-ring (bicyclic) bond motifs is 1. The number of benzene rings is 3. The minimum absolute atomic E-state index is 0.699. The molecule has 4 aromatic rings. The Hall–Kier alpha value is -2.78. The molecule has 1 heterocycles. The standard InChI is InChI=1S/C21H18ClN3/c22-18-6-2-1-5-16(18)14-25-20-8-4-3-7-19(20)24-21(25)13-15-9-11-17(23)12-10-15/h1-12H,13-14,23H2. The van der Waals surface area contributed by atoms with E-state index >= 15 is 0 Å². The number of imidazole rings is 1. The maximum absolute atomic E-state index is 6.37. The first-order valence-corrected chi connectivity index (χ1v) is 8.60. The van der Waals surface area contributed by atoms with Gasteiger partial charge in [-0.25, -0.2) is 4.98 Å². The van der Waals surface area contributed by atoms with Gasteiger partial charge in [0.05, 0.1) is 17.6 Å². The zero-order valence-electron chi connectivity index (χ0n) is 13.7. The van der Waals surface area contributed by atoms with Crippen LogP contribution in [0.3, 0.4) is 0 Å². The Kier molecular flexibility index (Phi) is 4.16. The van der Waals surface area contributed by atoms with Crippen LogP contribution in [-0.2, 0) is 13.0 Å². The van der Waals surface area contributed by atoms with Crippen LogP contribution in [0.15, 0.2) is 72.8 Å². The van der Waals surface area contributed by atoms with Crippen molar-refractivity contribution in [2.45, 2.75) is 13.0 Å². The van der Waals surface area contributed by atoms with Crippen LogP contribution in [0.2, 0.25) is 5.02 Å². The van der Waals surface area contributed by atoms with Crippen LogP contribution in [0, 0.1) is 0 Å². The molecule has 0 fully saturated rings. The molecule has 0 amide bonds. The van der Waals surface area contributed by atoms with Crippen molar-refractivity contribution < 1.29 is 0 Å². The average Bonchev–Trinajstić information content (AvgIpc) is 2.96. The molecule has 0 saturated heterocycles. The van der Waals surface area contributed by atoms with Gasteiger partial charge >= 0.3 is 0 Å². The fourth-order valence-corrected chi connectivity index (χ4v) is 3.25. The number of anilines is 1. The number of nitrogen functional groups attached to an aromatic ring is 1. The van der Waals surface area contributed by atoms with Crippen molar-refractivity contribution in [2.24, 2.45) is 0 Å². The normalized spacial score (nSPS) is 11.1. The molecule has 0 radical (unpaired) electrons. The van der Waals surface area contributed by atoms with Gasteiger partial charge in [0.2, 0.25) is 0 Å². The zero-order chi connectivity index (χ0) is 17.2. The van der Waals surface area contributed by atoms with E-state index in [1.54, 1.807) is 0 Å². The van der Waals surface area contributed by atoms with Crippen molar-refractivity contribution in [3.8, 4) is 0 Å². The van der Waals surface area contributed by atoms with Gasteiger partial charge in [-0.2, -0.15) is 0 Å². The second kappa shape index (κ2) is 6.61. The summed E-state index contributed by atoms with van der Waals surface area (Å²) in [4.78, 5) is 4.84. The summed E-state index contributed by atoms with van der Waals surface area (Å²) in [6, 6.07) is 24.1. The molecule has 0 unspecified atom stereocenters. The predicted molar refractivity (Wildman–Crippen MR) is 104 cm³/mol. The predicted octanol–water partition coefficient (Wildman–Crippen LogP) is 4.91. The SMILES string of the molecule is Nc1ccc(Cc2nc3ccccc3n2Cc2ccccc2Cl)cc1. The van der Waals surface area contributed by atoms with E-state index < -0.39 is 0 Å². The molecule has 1 aromatic heterocycles. The maximum Gasteiger partial charge on any atom is 0.114 e. The minimum Gasteiger partial charge on any atom is -0.399 e. The lowest BCUT2D eigenvalue weighted by molar-refractivity contribution is 0.762. The third-order valence-electron chi connectivity index (χ3n) is 4.36. The minimum atomic E-state index is 0.699. The van der Waals surface area contributed by atoms with Crippen molar-refractivity contribution in [1.29, 1.82) is 0 Å². The van der Waals surface area contributed by atoms with E-state index in [0.29, 0.717) is 6.54 Å². The van der Waals surface area contributed by atoms with Crippen molar-refractivity contribution >= 4 is 28.3 Å². The molecule has 4 heteroatoms. The Bertz CT molecular complexity index is 1020. The highest BCUT2D eigenvalue weighted by Crippen LogP contribution is 2.23. The first-order valence-electron chi connectivity index (χ1n) is 8.23. The quantitative estimate of drug-likeness (QED) is 0.533. The summed E-state index contributed by atoms with van der Waals surface area (Å²) >= 11 is 6.37. The van der Waals surface area contributed by atoms with Gasteiger partial charge in [0.15, 0.2) is 0 Å². The summed E-state index contributed by atoms with van der Waals surface area (Å²) in [5.41, 5.74) is 11.0. The molecule has 0 aliphatic carbocycles. The van der Waals surface area contributed by atoms with Gasteiger partial charge in [0.1, 0.15) is 5.82 Å². The number of hydrogen-bond acceptors (Lipinski definition) is 2. The molecule has 124 valence electrons. The summed E-state index contributed by atoms with van der Waals surface area (Å²) in [5.74, 6) is 1.02. The molecule has 0 saturated carbocycles. The Morgan fingerprint density at radius 1 is 0.880 bits per heavy atom. The molecule has 3 aromatic carbocycles. The van der Waals surface area contributed by atoms with Crippen LogP contribution >= 0.6 is 11.6 Å². The van der Waals surface area contributed by atoms with E-state index in [9.17, 15) is 0 Å². The number of rotatable bonds is 4. The Labute approximate surface area is 151 Å². The highest BCUT2D eigenvalue weighted by molar-refractivity contribution is 6.31. The number of nitrogens with two attached hydrogens (primary N) is 1. The first kappa shape index (κ1) is 15.7. The second-order valence-electron chi connectivity index (χ2n) is 6.11. The smallest absolute Gasteiger partial charge is 0.114 e. The highest BCUT2D eigenvalue weighted by Gasteiger charge is 2.12. The van der Waals surface area contributed by atoms with Crippen LogP contribution < -0.4 is 5.73 Å². The van der Waals surface area contributed by atoms with Crippen molar-refractivity contribution in [2.75, 3.05) is 5.73 Å². The number of hydrogen-bond donors (Lipinski definition) is 1. The number of aromatic nitrogens is 2. The summed E-state index contributed by atoms with van der Waals surface area (Å²) in [7, 11) is 0. The monoisotopic (exact) mass is 347 g/mol. The highest BCUT2D eigenvalue weighted by atomic mass is 35.5. The molecule has 25 heavy (non-hydrogen) atoms. The molecule has 4 rings (SSSR count). The molecule has 2 N–H and O–H groups in total. The molecular formula is C21H18ClN3. The molecule has 3 nitrogen and oxygen atoms in total. The lowest BCUT2D eigenvalue weighted by Crippen LogP contribution is -2.06. The Balaban J connectivity index is 1.78. The Morgan fingerprint density at radius 2 is 1.60 bits per heavy atom. The molecule has 0 aliphatic heterocycles. The summed E-state index contributed by atoms with van der Waals surface area (Å²) < 4.78 is 2.24. The van der Waals surface area contributed by atoms with Gasteiger partial charge in [0, 0.05) is 17.1 Å². The van der Waals surface area contributed by atoms with E-state index in [-0.39, 0.29) is 0 Å². The van der Waals surface area contributed by atoms with Gasteiger partial charge in [-0.15, -0.1) is 0 Å². The van der Waals surface area contributed by atoms with E-state index in [4.69, 9.17) is 22.3 Å². The van der Waals surface area contributed by atoms with Crippen LogP contribution in [0.4, 0.5) is 5.69 Å². The lowest BCUT2D eigenvalue weighted by Gasteiger charge is -2.11. The number of halogens is 1. The van der Waals surface area contributed by atoms with Gasteiger partial charge in [-0.05, 0) is 41.5 Å². The topological polar surface area (TPSA) is 43.8 Å². The van der Waals surface area contributed by atoms with E-state index in [1.165, 1.54) is 5.56 Å². The molecule has 0 atom stereocenters. The first-order chi connectivity index (χ1) is 12.2.